The predicted molar refractivity (Wildman–Crippen MR) is 118 cm³/mol. The Hall–Kier alpha value is -3.65. The third kappa shape index (κ3) is 4.81. The average Bonchev–Trinajstić information content (AvgIpc) is 2.76. The summed E-state index contributed by atoms with van der Waals surface area (Å²) in [6.07, 6.45) is 1.69. The fourth-order valence-electron chi connectivity index (χ4n) is 3.46. The Morgan fingerprint density at radius 3 is 2.22 bits per heavy atom. The van der Waals surface area contributed by atoms with Crippen molar-refractivity contribution in [2.75, 3.05) is 0 Å². The molecule has 8 heteroatoms. The summed E-state index contributed by atoms with van der Waals surface area (Å²) >= 11 is 0. The number of halogens is 2. The van der Waals surface area contributed by atoms with Gasteiger partial charge < -0.3 is 0 Å². The van der Waals surface area contributed by atoms with Gasteiger partial charge in [-0.15, -0.1) is 0 Å². The first-order valence-corrected chi connectivity index (χ1v) is 11.1. The van der Waals surface area contributed by atoms with Gasteiger partial charge in [0.05, 0.1) is 17.6 Å². The van der Waals surface area contributed by atoms with Crippen LogP contribution in [0.1, 0.15) is 16.7 Å². The number of aromatic nitrogens is 2. The lowest BCUT2D eigenvalue weighted by molar-refractivity contribution is 0.614. The fraction of sp³-hybridized carbons (Fsp3) is 0.0833. The molecule has 162 valence electrons. The Balaban J connectivity index is 1.84. The van der Waals surface area contributed by atoms with E-state index in [2.05, 4.69) is 5.10 Å². The molecule has 0 aliphatic carbocycles. The normalized spacial score (nSPS) is 11.1. The van der Waals surface area contributed by atoms with Crippen molar-refractivity contribution in [2.24, 2.45) is 0 Å². The summed E-state index contributed by atoms with van der Waals surface area (Å²) in [7, 11) is -2.55. The molecule has 0 aliphatic rings. The smallest absolute Gasteiger partial charge is 0.267 e. The van der Waals surface area contributed by atoms with Crippen molar-refractivity contribution in [3.63, 3.8) is 0 Å². The summed E-state index contributed by atoms with van der Waals surface area (Å²) in [5.41, 5.74) is 2.85. The quantitative estimate of drug-likeness (QED) is 0.451. The molecule has 3 aromatic carbocycles. The van der Waals surface area contributed by atoms with E-state index in [4.69, 9.17) is 0 Å². The molecule has 1 heterocycles. The fourth-order valence-corrected chi connectivity index (χ4v) is 3.97. The van der Waals surface area contributed by atoms with Gasteiger partial charge in [-0.05, 0) is 53.1 Å². The molecule has 4 rings (SSSR count). The van der Waals surface area contributed by atoms with Gasteiger partial charge in [-0.3, -0.25) is 4.79 Å². The topological polar surface area (TPSA) is 69.0 Å². The second kappa shape index (κ2) is 9.23. The average molecular weight is 452 g/mol. The second-order valence-corrected chi connectivity index (χ2v) is 8.21. The van der Waals surface area contributed by atoms with Gasteiger partial charge in [0.2, 0.25) is 0 Å². The highest BCUT2D eigenvalue weighted by atomic mass is 32.2. The molecule has 32 heavy (non-hydrogen) atoms. The van der Waals surface area contributed by atoms with Crippen LogP contribution in [-0.2, 0) is 22.9 Å². The lowest BCUT2D eigenvalue weighted by atomic mass is 9.97. The van der Waals surface area contributed by atoms with Crippen molar-refractivity contribution in [1.82, 2.24) is 9.78 Å². The van der Waals surface area contributed by atoms with Crippen LogP contribution in [-0.4, -0.2) is 18.2 Å². The number of nitrogens with zero attached hydrogens (tertiary/aromatic N) is 2. The predicted octanol–water partition coefficient (Wildman–Crippen LogP) is 3.88. The molecule has 0 spiro atoms. The van der Waals surface area contributed by atoms with Crippen molar-refractivity contribution >= 4 is 10.7 Å². The first-order valence-electron chi connectivity index (χ1n) is 9.73. The maximum Gasteiger partial charge on any atom is 0.275 e. The number of hydrogen-bond donors (Lipinski definition) is 1. The van der Waals surface area contributed by atoms with E-state index in [-0.39, 0.29) is 12.2 Å². The number of rotatable bonds is 6. The zero-order chi connectivity index (χ0) is 22.7. The van der Waals surface area contributed by atoms with Crippen LogP contribution >= 0.6 is 0 Å². The molecule has 1 aromatic heterocycles. The molecule has 4 aromatic rings. The Morgan fingerprint density at radius 2 is 1.56 bits per heavy atom. The van der Waals surface area contributed by atoms with E-state index in [1.54, 1.807) is 36.4 Å². The summed E-state index contributed by atoms with van der Waals surface area (Å²) in [6.45, 7) is 0. The van der Waals surface area contributed by atoms with Crippen LogP contribution in [0.2, 0.25) is 0 Å². The van der Waals surface area contributed by atoms with Gasteiger partial charge >= 0.3 is 0 Å². The van der Waals surface area contributed by atoms with Gasteiger partial charge in [-0.25, -0.2) is 17.2 Å². The Morgan fingerprint density at radius 1 is 0.844 bits per heavy atom. The third-order valence-electron chi connectivity index (χ3n) is 5.00. The maximum atomic E-state index is 13.7. The summed E-state index contributed by atoms with van der Waals surface area (Å²) in [5, 5.41) is 4.26. The monoisotopic (exact) mass is 452 g/mol. The second-order valence-electron chi connectivity index (χ2n) is 7.22. The molecule has 0 bridgehead atoms. The third-order valence-corrected chi connectivity index (χ3v) is 5.62. The standard InChI is InChI=1S/C24H18F2N2O3S/c25-19-8-10-21(11-9-19)28-24(29)22(13-17-2-1-3-20(26)12-17)23(14-27-28)18-6-4-16(5-7-18)15-32(30)31/h1-12,14,32H,13,15H2. The lowest BCUT2D eigenvalue weighted by Crippen LogP contribution is -2.25. The highest BCUT2D eigenvalue weighted by Gasteiger charge is 2.15. The molecule has 0 atom stereocenters. The zero-order valence-electron chi connectivity index (χ0n) is 16.7. The first kappa shape index (κ1) is 21.6. The number of benzene rings is 3. The number of thiol groups is 1. The van der Waals surface area contributed by atoms with Crippen molar-refractivity contribution in [3.8, 4) is 16.8 Å². The molecule has 0 amide bonds. The van der Waals surface area contributed by atoms with E-state index in [1.807, 2.05) is 0 Å². The van der Waals surface area contributed by atoms with Gasteiger partial charge in [-0.1, -0.05) is 36.4 Å². The van der Waals surface area contributed by atoms with E-state index in [9.17, 15) is 22.0 Å². The summed E-state index contributed by atoms with van der Waals surface area (Å²) in [4.78, 5) is 13.4. The molecule has 0 aliphatic heterocycles. The minimum atomic E-state index is -2.55. The summed E-state index contributed by atoms with van der Waals surface area (Å²) in [5.74, 6) is -0.915. The minimum Gasteiger partial charge on any atom is -0.267 e. The minimum absolute atomic E-state index is 0.0732. The van der Waals surface area contributed by atoms with Crippen LogP contribution in [0.15, 0.2) is 83.8 Å². The van der Waals surface area contributed by atoms with E-state index in [1.165, 1.54) is 47.3 Å². The summed E-state index contributed by atoms with van der Waals surface area (Å²) < 4.78 is 50.2. The van der Waals surface area contributed by atoms with Gasteiger partial charge in [0.15, 0.2) is 0 Å². The molecule has 0 unspecified atom stereocenters. The molecule has 0 radical (unpaired) electrons. The number of hydrogen-bond acceptors (Lipinski definition) is 4. The van der Waals surface area contributed by atoms with Crippen LogP contribution in [0.5, 0.6) is 0 Å². The van der Waals surface area contributed by atoms with Crippen LogP contribution in [0, 0.1) is 11.6 Å². The molecule has 0 N–H and O–H groups in total. The highest BCUT2D eigenvalue weighted by Crippen LogP contribution is 2.24. The highest BCUT2D eigenvalue weighted by molar-refractivity contribution is 7.71. The van der Waals surface area contributed by atoms with Crippen molar-refractivity contribution in [3.05, 3.63) is 118 Å². The lowest BCUT2D eigenvalue weighted by Gasteiger charge is -2.13. The first-order chi connectivity index (χ1) is 15.4. The van der Waals surface area contributed by atoms with Gasteiger partial charge in [0, 0.05) is 17.5 Å². The van der Waals surface area contributed by atoms with E-state index in [0.29, 0.717) is 33.5 Å². The van der Waals surface area contributed by atoms with E-state index in [0.717, 1.165) is 0 Å². The maximum absolute atomic E-state index is 13.7. The molecular weight excluding hydrogens is 434 g/mol. The summed E-state index contributed by atoms with van der Waals surface area (Å²) in [6, 6.07) is 18.2. The van der Waals surface area contributed by atoms with Crippen LogP contribution in [0.25, 0.3) is 16.8 Å². The van der Waals surface area contributed by atoms with Crippen molar-refractivity contribution < 1.29 is 17.2 Å². The molecule has 0 saturated carbocycles. The Kier molecular flexibility index (Phi) is 6.23. The van der Waals surface area contributed by atoms with Crippen LogP contribution < -0.4 is 5.56 Å². The van der Waals surface area contributed by atoms with E-state index < -0.39 is 27.9 Å². The van der Waals surface area contributed by atoms with Crippen molar-refractivity contribution in [2.45, 2.75) is 12.2 Å². The van der Waals surface area contributed by atoms with Gasteiger partial charge in [0.1, 0.15) is 22.3 Å². The molecule has 0 saturated heterocycles. The van der Waals surface area contributed by atoms with E-state index >= 15 is 0 Å². The molecular formula is C24H18F2N2O3S. The Labute approximate surface area is 184 Å². The zero-order valence-corrected chi connectivity index (χ0v) is 17.6. The Bertz CT molecular complexity index is 1390. The molecule has 5 nitrogen and oxygen atoms in total. The van der Waals surface area contributed by atoms with Crippen LogP contribution in [0.4, 0.5) is 8.78 Å². The van der Waals surface area contributed by atoms with Crippen molar-refractivity contribution in [1.29, 1.82) is 0 Å². The largest absolute Gasteiger partial charge is 0.275 e. The van der Waals surface area contributed by atoms with Crippen LogP contribution in [0.3, 0.4) is 0 Å². The SMILES string of the molecule is O=c1c(Cc2cccc(F)c2)c(-c2ccc(C[SH](=O)=O)cc2)cnn1-c1ccc(F)cc1. The molecule has 0 fully saturated rings. The van der Waals surface area contributed by atoms with Gasteiger partial charge in [0.25, 0.3) is 5.56 Å². The van der Waals surface area contributed by atoms with Gasteiger partial charge in [-0.2, -0.15) is 9.78 Å².